The highest BCUT2D eigenvalue weighted by molar-refractivity contribution is 14.1. The Balaban J connectivity index is 1.79. The van der Waals surface area contributed by atoms with E-state index in [0.29, 0.717) is 44.9 Å². The summed E-state index contributed by atoms with van der Waals surface area (Å²) in [6.45, 7) is 0. The fourth-order valence-electron chi connectivity index (χ4n) is 5.98. The average molecular weight is 899 g/mol. The molecular weight excluding hydrogens is 882 g/mol. The number of rotatable bonds is 4. The molecule has 0 spiro atoms. The fourth-order valence-corrected chi connectivity index (χ4v) is 6.70. The van der Waals surface area contributed by atoms with Gasteiger partial charge in [0.05, 0.1) is 27.8 Å². The molecule has 0 bridgehead atoms. The molecule has 0 atom stereocenters. The minimum atomic E-state index is -0.461. The van der Waals surface area contributed by atoms with E-state index >= 15 is 0 Å². The standard InChI is InChI=1S/C41H17F2I2N7/c42-28-9-1-22(2-10-28)32-17-33-34(26(18-46)19-47)40-41(35(27(20-48)21-49)39(33)50-36(32)23-5-13-30(44)14-6-23)52-38(25-7-15-31(45)16-8-25)37(51-40)24-3-11-29(43)12-4-24/h1-17H. The van der Waals surface area contributed by atoms with Gasteiger partial charge in [0.15, 0.2) is 0 Å². The van der Waals surface area contributed by atoms with Crippen molar-refractivity contribution in [3.63, 3.8) is 0 Å². The van der Waals surface area contributed by atoms with E-state index in [2.05, 4.69) is 45.2 Å². The van der Waals surface area contributed by atoms with Crippen LogP contribution in [0.2, 0.25) is 0 Å². The predicted octanol–water partition coefficient (Wildman–Crippen LogP) is 8.73. The van der Waals surface area contributed by atoms with Crippen molar-refractivity contribution in [1.82, 2.24) is 15.0 Å². The molecule has 0 amide bonds. The number of aromatic nitrogens is 3. The molecule has 7 rings (SSSR count). The summed E-state index contributed by atoms with van der Waals surface area (Å²) in [4.78, 5) is 15.2. The molecule has 2 heterocycles. The van der Waals surface area contributed by atoms with Gasteiger partial charge in [0.2, 0.25) is 0 Å². The summed E-state index contributed by atoms with van der Waals surface area (Å²) in [7, 11) is 0. The first kappa shape index (κ1) is 34.3. The Kier molecular flexibility index (Phi) is 9.40. The SMILES string of the molecule is N#CC(C#N)=c1c2cc(-c3ccc(F)cc3)c(-c3ccc(I)cc3)nc2c(=C(C#N)C#N)c2nc(-c3ccc(I)cc3)c(-c3ccc(F)cc3)nc12. The Hall–Kier alpha value is -6.13. The van der Waals surface area contributed by atoms with E-state index in [1.54, 1.807) is 30.3 Å². The fraction of sp³-hybridized carbons (Fsp3) is 0. The number of pyridine rings is 1. The zero-order valence-corrected chi connectivity index (χ0v) is 30.8. The Morgan fingerprint density at radius 1 is 0.462 bits per heavy atom. The molecule has 0 fully saturated rings. The van der Waals surface area contributed by atoms with E-state index in [9.17, 15) is 29.8 Å². The summed E-state index contributed by atoms with van der Waals surface area (Å²) in [6, 6.07) is 36.2. The first-order valence-corrected chi connectivity index (χ1v) is 17.5. The molecule has 0 N–H and O–H groups in total. The first-order chi connectivity index (χ1) is 25.2. The summed E-state index contributed by atoms with van der Waals surface area (Å²) < 4.78 is 30.2. The summed E-state index contributed by atoms with van der Waals surface area (Å²) in [5, 5.41) is 41.8. The van der Waals surface area contributed by atoms with Gasteiger partial charge in [-0.25, -0.2) is 23.7 Å². The normalized spacial score (nSPS) is 10.6. The zero-order valence-electron chi connectivity index (χ0n) is 26.5. The van der Waals surface area contributed by atoms with Crippen LogP contribution in [0.4, 0.5) is 8.78 Å². The minimum Gasteiger partial charge on any atom is -0.246 e. The van der Waals surface area contributed by atoms with E-state index in [0.717, 1.165) is 7.14 Å². The summed E-state index contributed by atoms with van der Waals surface area (Å²) in [5.74, 6) is -0.904. The summed E-state index contributed by atoms with van der Waals surface area (Å²) in [5.41, 5.74) is 3.70. The van der Waals surface area contributed by atoms with Gasteiger partial charge < -0.3 is 0 Å². The van der Waals surface area contributed by atoms with E-state index in [1.807, 2.05) is 72.8 Å². The summed E-state index contributed by atoms with van der Waals surface area (Å²) >= 11 is 4.37. The molecule has 7 aromatic rings. The van der Waals surface area contributed by atoms with Gasteiger partial charge >= 0.3 is 0 Å². The third-order valence-corrected chi connectivity index (χ3v) is 9.79. The van der Waals surface area contributed by atoms with Crippen LogP contribution < -0.4 is 10.4 Å². The van der Waals surface area contributed by atoms with Crippen LogP contribution in [0.3, 0.4) is 0 Å². The quantitative estimate of drug-likeness (QED) is 0.128. The number of hydrogen-bond donors (Lipinski definition) is 0. The molecule has 0 radical (unpaired) electrons. The molecule has 7 nitrogen and oxygen atoms in total. The van der Waals surface area contributed by atoms with Crippen molar-refractivity contribution < 1.29 is 8.78 Å². The molecule has 5 aromatic carbocycles. The first-order valence-electron chi connectivity index (χ1n) is 15.4. The highest BCUT2D eigenvalue weighted by Gasteiger charge is 2.23. The van der Waals surface area contributed by atoms with E-state index in [-0.39, 0.29) is 43.5 Å². The maximum Gasteiger partial charge on any atom is 0.141 e. The lowest BCUT2D eigenvalue weighted by Crippen LogP contribution is -2.23. The van der Waals surface area contributed by atoms with Crippen molar-refractivity contribution >= 4 is 78.3 Å². The molecule has 52 heavy (non-hydrogen) atoms. The number of benzene rings is 5. The highest BCUT2D eigenvalue weighted by atomic mass is 127. The van der Waals surface area contributed by atoms with Gasteiger partial charge in [-0.3, -0.25) is 0 Å². The van der Waals surface area contributed by atoms with Crippen LogP contribution >= 0.6 is 45.2 Å². The maximum atomic E-state index is 14.2. The molecule has 11 heteroatoms. The molecule has 0 unspecified atom stereocenters. The third-order valence-electron chi connectivity index (χ3n) is 8.35. The number of nitriles is 4. The van der Waals surface area contributed by atoms with Gasteiger partial charge in [-0.2, -0.15) is 21.0 Å². The van der Waals surface area contributed by atoms with Crippen LogP contribution in [0.15, 0.2) is 103 Å². The van der Waals surface area contributed by atoms with Crippen molar-refractivity contribution in [3.8, 4) is 69.2 Å². The van der Waals surface area contributed by atoms with Gasteiger partial charge in [-0.1, -0.05) is 36.4 Å². The number of nitrogens with zero attached hydrogens (tertiary/aromatic N) is 7. The van der Waals surface area contributed by atoms with Crippen LogP contribution in [-0.2, 0) is 0 Å². The van der Waals surface area contributed by atoms with Crippen molar-refractivity contribution in [2.75, 3.05) is 0 Å². The van der Waals surface area contributed by atoms with Gasteiger partial charge in [0, 0.05) is 40.0 Å². The Morgan fingerprint density at radius 2 is 0.827 bits per heavy atom. The van der Waals surface area contributed by atoms with Gasteiger partial charge in [0.1, 0.15) is 58.1 Å². The minimum absolute atomic E-state index is 0.0612. The van der Waals surface area contributed by atoms with Gasteiger partial charge in [0.25, 0.3) is 0 Å². The zero-order chi connectivity index (χ0) is 36.5. The molecule has 0 aliphatic carbocycles. The Morgan fingerprint density at radius 3 is 1.29 bits per heavy atom. The molecule has 2 aromatic heterocycles. The highest BCUT2D eigenvalue weighted by Crippen LogP contribution is 2.35. The third kappa shape index (κ3) is 6.22. The number of fused-ring (bicyclic) bond motifs is 2. The predicted molar refractivity (Wildman–Crippen MR) is 210 cm³/mol. The molecular formula is C41H17F2I2N7. The van der Waals surface area contributed by atoms with Crippen molar-refractivity contribution in [2.45, 2.75) is 0 Å². The monoisotopic (exact) mass is 899 g/mol. The maximum absolute atomic E-state index is 14.2. The van der Waals surface area contributed by atoms with Gasteiger partial charge in [-0.05, 0) is 117 Å². The largest absolute Gasteiger partial charge is 0.246 e. The second-order valence-corrected chi connectivity index (χ2v) is 13.9. The average Bonchev–Trinajstić information content (AvgIpc) is 3.16. The molecule has 0 aliphatic rings. The topological polar surface area (TPSA) is 134 Å². The number of halogens is 4. The second kappa shape index (κ2) is 14.2. The number of hydrogen-bond acceptors (Lipinski definition) is 7. The lowest BCUT2D eigenvalue weighted by Gasteiger charge is -2.16. The van der Waals surface area contributed by atoms with E-state index < -0.39 is 11.6 Å². The lowest BCUT2D eigenvalue weighted by molar-refractivity contribution is 0.627. The van der Waals surface area contributed by atoms with Crippen molar-refractivity contribution in [3.05, 3.63) is 132 Å². The smallest absolute Gasteiger partial charge is 0.141 e. The molecule has 0 saturated carbocycles. The van der Waals surface area contributed by atoms with Crippen LogP contribution in [0.25, 0.3) is 78.0 Å². The molecule has 0 saturated heterocycles. The van der Waals surface area contributed by atoms with E-state index in [4.69, 9.17) is 15.0 Å². The van der Waals surface area contributed by atoms with E-state index in [1.165, 1.54) is 24.3 Å². The second-order valence-electron chi connectivity index (χ2n) is 11.4. The molecule has 0 aliphatic heterocycles. The van der Waals surface area contributed by atoms with Crippen LogP contribution in [0.5, 0.6) is 0 Å². The Labute approximate surface area is 322 Å². The lowest BCUT2D eigenvalue weighted by atomic mass is 9.94. The van der Waals surface area contributed by atoms with Crippen LogP contribution in [0.1, 0.15) is 0 Å². The molecule has 244 valence electrons. The Bertz CT molecular complexity index is 2510. The van der Waals surface area contributed by atoms with Crippen molar-refractivity contribution in [1.29, 1.82) is 21.0 Å². The van der Waals surface area contributed by atoms with Crippen molar-refractivity contribution in [2.24, 2.45) is 0 Å². The van der Waals surface area contributed by atoms with Crippen LogP contribution in [-0.4, -0.2) is 15.0 Å². The van der Waals surface area contributed by atoms with Crippen LogP contribution in [0, 0.1) is 64.1 Å². The summed E-state index contributed by atoms with van der Waals surface area (Å²) in [6.07, 6.45) is 0. The van der Waals surface area contributed by atoms with Gasteiger partial charge in [-0.15, -0.1) is 0 Å².